The SMILES string of the molecule is COC(=O)C[C@H](N)Cc1cccs1. The van der Waals surface area contributed by atoms with E-state index in [0.29, 0.717) is 0 Å². The highest BCUT2D eigenvalue weighted by Crippen LogP contribution is 2.11. The third-order valence-electron chi connectivity index (χ3n) is 1.70. The molecule has 4 heteroatoms. The van der Waals surface area contributed by atoms with E-state index in [1.807, 2.05) is 17.5 Å². The van der Waals surface area contributed by atoms with Crippen molar-refractivity contribution in [1.29, 1.82) is 0 Å². The minimum atomic E-state index is -0.246. The predicted molar refractivity (Wildman–Crippen MR) is 52.6 cm³/mol. The molecule has 1 heterocycles. The van der Waals surface area contributed by atoms with Gasteiger partial charge in [0.2, 0.25) is 0 Å². The zero-order chi connectivity index (χ0) is 9.68. The van der Waals surface area contributed by atoms with Gasteiger partial charge in [-0.2, -0.15) is 0 Å². The molecule has 1 aromatic heterocycles. The number of thiophene rings is 1. The fraction of sp³-hybridized carbons (Fsp3) is 0.444. The van der Waals surface area contributed by atoms with E-state index in [1.165, 1.54) is 12.0 Å². The molecule has 0 fully saturated rings. The van der Waals surface area contributed by atoms with Gasteiger partial charge in [-0.25, -0.2) is 0 Å². The summed E-state index contributed by atoms with van der Waals surface area (Å²) in [6.07, 6.45) is 1.03. The van der Waals surface area contributed by atoms with Gasteiger partial charge in [0, 0.05) is 10.9 Å². The third-order valence-corrected chi connectivity index (χ3v) is 2.60. The van der Waals surface area contributed by atoms with Crippen molar-refractivity contribution in [3.63, 3.8) is 0 Å². The summed E-state index contributed by atoms with van der Waals surface area (Å²) in [7, 11) is 1.38. The van der Waals surface area contributed by atoms with Gasteiger partial charge in [-0.3, -0.25) is 4.79 Å². The van der Waals surface area contributed by atoms with Crippen LogP contribution in [-0.4, -0.2) is 19.1 Å². The molecule has 3 nitrogen and oxygen atoms in total. The summed E-state index contributed by atoms with van der Waals surface area (Å²) in [5.74, 6) is -0.246. The maximum Gasteiger partial charge on any atom is 0.307 e. The summed E-state index contributed by atoms with van der Waals surface area (Å²) in [5.41, 5.74) is 5.75. The van der Waals surface area contributed by atoms with Crippen molar-refractivity contribution in [2.45, 2.75) is 18.9 Å². The minimum Gasteiger partial charge on any atom is -0.469 e. The fourth-order valence-corrected chi connectivity index (χ4v) is 1.86. The van der Waals surface area contributed by atoms with Crippen LogP contribution in [0.15, 0.2) is 17.5 Å². The van der Waals surface area contributed by atoms with Crippen molar-refractivity contribution in [2.24, 2.45) is 5.73 Å². The van der Waals surface area contributed by atoms with Gasteiger partial charge in [-0.15, -0.1) is 11.3 Å². The molecule has 0 spiro atoms. The molecule has 0 radical (unpaired) electrons. The molecule has 72 valence electrons. The molecule has 0 unspecified atom stereocenters. The van der Waals surface area contributed by atoms with Crippen LogP contribution in [0.25, 0.3) is 0 Å². The largest absolute Gasteiger partial charge is 0.469 e. The van der Waals surface area contributed by atoms with E-state index in [2.05, 4.69) is 4.74 Å². The van der Waals surface area contributed by atoms with E-state index in [4.69, 9.17) is 5.73 Å². The summed E-state index contributed by atoms with van der Waals surface area (Å²) >= 11 is 1.65. The standard InChI is InChI=1S/C9H13NO2S/c1-12-9(11)6-7(10)5-8-3-2-4-13-8/h2-4,7H,5-6,10H2,1H3/t7-/m1/s1. The topological polar surface area (TPSA) is 52.3 Å². The first kappa shape index (κ1) is 10.2. The second kappa shape index (κ2) is 4.99. The number of nitrogens with two attached hydrogens (primary N) is 1. The summed E-state index contributed by atoms with van der Waals surface area (Å²) in [5, 5.41) is 2.00. The lowest BCUT2D eigenvalue weighted by Crippen LogP contribution is -2.26. The van der Waals surface area contributed by atoms with Crippen LogP contribution in [0.5, 0.6) is 0 Å². The lowest BCUT2D eigenvalue weighted by Gasteiger charge is -2.07. The van der Waals surface area contributed by atoms with Crippen molar-refractivity contribution in [2.75, 3.05) is 7.11 Å². The maximum atomic E-state index is 10.9. The van der Waals surface area contributed by atoms with Crippen molar-refractivity contribution >= 4 is 17.3 Å². The van der Waals surface area contributed by atoms with Gasteiger partial charge in [0.05, 0.1) is 13.5 Å². The van der Waals surface area contributed by atoms with E-state index >= 15 is 0 Å². The van der Waals surface area contributed by atoms with Gasteiger partial charge in [0.25, 0.3) is 0 Å². The number of methoxy groups -OCH3 is 1. The molecule has 0 saturated heterocycles. The number of rotatable bonds is 4. The third kappa shape index (κ3) is 3.57. The molecular weight excluding hydrogens is 186 g/mol. The molecule has 0 aromatic carbocycles. The first-order chi connectivity index (χ1) is 6.22. The molecule has 1 atom stereocenters. The first-order valence-corrected chi connectivity index (χ1v) is 4.95. The van der Waals surface area contributed by atoms with Crippen molar-refractivity contribution in [1.82, 2.24) is 0 Å². The first-order valence-electron chi connectivity index (χ1n) is 4.07. The van der Waals surface area contributed by atoms with E-state index < -0.39 is 0 Å². The Balaban J connectivity index is 2.33. The van der Waals surface area contributed by atoms with Crippen LogP contribution in [-0.2, 0) is 16.0 Å². The predicted octanol–water partition coefficient (Wildman–Crippen LogP) is 1.18. The Hall–Kier alpha value is -0.870. The Morgan fingerprint density at radius 3 is 3.08 bits per heavy atom. The number of hydrogen-bond donors (Lipinski definition) is 1. The Bertz CT molecular complexity index is 259. The quantitative estimate of drug-likeness (QED) is 0.741. The van der Waals surface area contributed by atoms with E-state index in [0.717, 1.165) is 6.42 Å². The van der Waals surface area contributed by atoms with Gasteiger partial charge in [-0.1, -0.05) is 6.07 Å². The molecule has 2 N–H and O–H groups in total. The molecule has 1 aromatic rings. The van der Waals surface area contributed by atoms with Gasteiger partial charge < -0.3 is 10.5 Å². The molecule has 0 amide bonds. The smallest absolute Gasteiger partial charge is 0.307 e. The summed E-state index contributed by atoms with van der Waals surface area (Å²) in [6, 6.07) is 3.86. The highest BCUT2D eigenvalue weighted by Gasteiger charge is 2.10. The number of carbonyl (C=O) groups is 1. The molecule has 0 aliphatic heterocycles. The molecule has 0 aliphatic rings. The number of ether oxygens (including phenoxy) is 1. The lowest BCUT2D eigenvalue weighted by molar-refractivity contribution is -0.140. The molecule has 0 aliphatic carbocycles. The van der Waals surface area contributed by atoms with E-state index in [9.17, 15) is 4.79 Å². The van der Waals surface area contributed by atoms with Gasteiger partial charge in [-0.05, 0) is 17.9 Å². The van der Waals surface area contributed by atoms with Crippen LogP contribution in [0.4, 0.5) is 0 Å². The summed E-state index contributed by atoms with van der Waals surface area (Å²) in [4.78, 5) is 12.1. The second-order valence-corrected chi connectivity index (χ2v) is 3.86. The monoisotopic (exact) mass is 199 g/mol. The highest BCUT2D eigenvalue weighted by atomic mass is 32.1. The van der Waals surface area contributed by atoms with Crippen LogP contribution in [0.2, 0.25) is 0 Å². The average molecular weight is 199 g/mol. The van der Waals surface area contributed by atoms with Crippen LogP contribution < -0.4 is 5.73 Å². The minimum absolute atomic E-state index is 0.133. The average Bonchev–Trinajstić information content (AvgIpc) is 2.56. The zero-order valence-corrected chi connectivity index (χ0v) is 8.34. The van der Waals surface area contributed by atoms with Crippen LogP contribution in [0.1, 0.15) is 11.3 Å². The van der Waals surface area contributed by atoms with E-state index in [-0.39, 0.29) is 18.4 Å². The Morgan fingerprint density at radius 2 is 2.54 bits per heavy atom. The van der Waals surface area contributed by atoms with Crippen LogP contribution in [0, 0.1) is 0 Å². The Morgan fingerprint density at radius 1 is 1.77 bits per heavy atom. The Kier molecular flexibility index (Phi) is 3.92. The van der Waals surface area contributed by atoms with Crippen molar-refractivity contribution in [3.8, 4) is 0 Å². The summed E-state index contributed by atoms with van der Waals surface area (Å²) < 4.78 is 4.52. The van der Waals surface area contributed by atoms with Crippen molar-refractivity contribution in [3.05, 3.63) is 22.4 Å². The molecule has 0 bridgehead atoms. The molecular formula is C9H13NO2S. The Labute approximate surface area is 81.5 Å². The number of hydrogen-bond acceptors (Lipinski definition) is 4. The maximum absolute atomic E-state index is 10.9. The van der Waals surface area contributed by atoms with Crippen molar-refractivity contribution < 1.29 is 9.53 Å². The lowest BCUT2D eigenvalue weighted by atomic mass is 10.1. The van der Waals surface area contributed by atoms with Gasteiger partial charge in [0.1, 0.15) is 0 Å². The number of esters is 1. The normalized spacial score (nSPS) is 12.5. The molecule has 0 saturated carbocycles. The fourth-order valence-electron chi connectivity index (χ4n) is 1.06. The van der Waals surface area contributed by atoms with Gasteiger partial charge in [0.15, 0.2) is 0 Å². The molecule has 1 rings (SSSR count). The van der Waals surface area contributed by atoms with Crippen LogP contribution >= 0.6 is 11.3 Å². The number of carbonyl (C=O) groups excluding carboxylic acids is 1. The van der Waals surface area contributed by atoms with E-state index in [1.54, 1.807) is 11.3 Å². The molecule has 13 heavy (non-hydrogen) atoms. The van der Waals surface area contributed by atoms with Crippen LogP contribution in [0.3, 0.4) is 0 Å². The second-order valence-electron chi connectivity index (χ2n) is 2.82. The zero-order valence-electron chi connectivity index (χ0n) is 7.53. The summed E-state index contributed by atoms with van der Waals surface area (Å²) in [6.45, 7) is 0. The van der Waals surface area contributed by atoms with Gasteiger partial charge >= 0.3 is 5.97 Å². The highest BCUT2D eigenvalue weighted by molar-refractivity contribution is 7.09.